The zero-order chi connectivity index (χ0) is 20.5. The third-order valence-electron chi connectivity index (χ3n) is 4.85. The minimum atomic E-state index is -0.214. The van der Waals surface area contributed by atoms with Crippen LogP contribution in [0.4, 0.5) is 5.95 Å². The Labute approximate surface area is 171 Å². The molecule has 8 nitrogen and oxygen atoms in total. The van der Waals surface area contributed by atoms with E-state index < -0.39 is 0 Å². The second-order valence-electron chi connectivity index (χ2n) is 6.87. The quantitative estimate of drug-likeness (QED) is 0.490. The molecule has 1 N–H and O–H groups in total. The highest BCUT2D eigenvalue weighted by molar-refractivity contribution is 5.89. The van der Waals surface area contributed by atoms with E-state index in [0.29, 0.717) is 5.65 Å². The van der Waals surface area contributed by atoms with Crippen molar-refractivity contribution in [3.63, 3.8) is 0 Å². The molecule has 2 aromatic carbocycles. The Bertz CT molecular complexity index is 1360. The van der Waals surface area contributed by atoms with Crippen LogP contribution >= 0.6 is 0 Å². The van der Waals surface area contributed by atoms with Gasteiger partial charge in [0.15, 0.2) is 5.65 Å². The Morgan fingerprint density at radius 3 is 2.73 bits per heavy atom. The molecular weight excluding hydrogens is 380 g/mol. The number of ether oxygens (including phenoxy) is 1. The monoisotopic (exact) mass is 398 g/mol. The van der Waals surface area contributed by atoms with Crippen molar-refractivity contribution in [1.29, 1.82) is 0 Å². The van der Waals surface area contributed by atoms with E-state index in [4.69, 9.17) is 4.74 Å². The second kappa shape index (κ2) is 7.32. The van der Waals surface area contributed by atoms with E-state index >= 15 is 0 Å². The van der Waals surface area contributed by atoms with Gasteiger partial charge in [0, 0.05) is 24.2 Å². The van der Waals surface area contributed by atoms with Gasteiger partial charge >= 0.3 is 0 Å². The lowest BCUT2D eigenvalue weighted by Gasteiger charge is -2.06. The lowest BCUT2D eigenvalue weighted by atomic mass is 10.0. The van der Waals surface area contributed by atoms with E-state index in [9.17, 15) is 4.79 Å². The Balaban J connectivity index is 1.40. The van der Waals surface area contributed by atoms with Crippen LogP contribution in [0.3, 0.4) is 0 Å². The molecule has 0 aliphatic heterocycles. The highest BCUT2D eigenvalue weighted by Gasteiger charge is 2.10. The Morgan fingerprint density at radius 2 is 1.90 bits per heavy atom. The summed E-state index contributed by atoms with van der Waals surface area (Å²) in [6.45, 7) is 0.155. The van der Waals surface area contributed by atoms with Crippen molar-refractivity contribution in [2.24, 2.45) is 0 Å². The smallest absolute Gasteiger partial charge is 0.249 e. The summed E-state index contributed by atoms with van der Waals surface area (Å²) in [7, 11) is 1.66. The van der Waals surface area contributed by atoms with Crippen molar-refractivity contribution in [3.8, 4) is 16.9 Å². The lowest BCUT2D eigenvalue weighted by molar-refractivity contribution is -0.116. The molecule has 0 fully saturated rings. The number of methoxy groups -OCH3 is 1. The van der Waals surface area contributed by atoms with Gasteiger partial charge in [-0.1, -0.05) is 18.2 Å². The molecule has 1 amide bonds. The molecule has 5 rings (SSSR count). The molecule has 30 heavy (non-hydrogen) atoms. The topological polar surface area (TPSA) is 86.3 Å². The molecule has 0 aliphatic rings. The van der Waals surface area contributed by atoms with Gasteiger partial charge in [-0.25, -0.2) is 9.50 Å². The van der Waals surface area contributed by atoms with Gasteiger partial charge in [-0.05, 0) is 46.7 Å². The van der Waals surface area contributed by atoms with E-state index in [1.165, 1.54) is 0 Å². The number of carbonyl (C=O) groups excluding carboxylic acids is 1. The number of imidazole rings is 1. The summed E-state index contributed by atoms with van der Waals surface area (Å²) in [5.41, 5.74) is 2.72. The van der Waals surface area contributed by atoms with E-state index in [0.717, 1.165) is 27.6 Å². The molecular formula is C22H18N6O2. The number of hydrogen-bond acceptors (Lipinski definition) is 5. The van der Waals surface area contributed by atoms with Crippen LogP contribution in [0.1, 0.15) is 0 Å². The molecule has 3 aromatic heterocycles. The van der Waals surface area contributed by atoms with Gasteiger partial charge in [0.25, 0.3) is 0 Å². The van der Waals surface area contributed by atoms with E-state index in [1.807, 2.05) is 36.5 Å². The zero-order valence-corrected chi connectivity index (χ0v) is 16.2. The number of rotatable bonds is 5. The third kappa shape index (κ3) is 3.46. The van der Waals surface area contributed by atoms with Crippen LogP contribution < -0.4 is 10.1 Å². The van der Waals surface area contributed by atoms with Gasteiger partial charge in [0.05, 0.1) is 13.4 Å². The predicted octanol–water partition coefficient (Wildman–Crippen LogP) is 3.39. The summed E-state index contributed by atoms with van der Waals surface area (Å²) >= 11 is 0. The van der Waals surface area contributed by atoms with Crippen LogP contribution in [0.5, 0.6) is 5.75 Å². The van der Waals surface area contributed by atoms with Crippen molar-refractivity contribution in [3.05, 3.63) is 73.4 Å². The van der Waals surface area contributed by atoms with Crippen LogP contribution in [-0.2, 0) is 11.3 Å². The molecule has 0 radical (unpaired) electrons. The summed E-state index contributed by atoms with van der Waals surface area (Å²) in [6.07, 6.45) is 6.84. The van der Waals surface area contributed by atoms with Gasteiger partial charge in [-0.2, -0.15) is 4.98 Å². The third-order valence-corrected chi connectivity index (χ3v) is 4.85. The number of carbonyl (C=O) groups is 1. The Morgan fingerprint density at radius 1 is 1.07 bits per heavy atom. The molecule has 3 heterocycles. The molecule has 5 aromatic rings. The fraction of sp³-hybridized carbons (Fsp3) is 0.0909. The minimum absolute atomic E-state index is 0.155. The minimum Gasteiger partial charge on any atom is -0.497 e. The van der Waals surface area contributed by atoms with Crippen LogP contribution in [0.15, 0.2) is 73.4 Å². The standard InChI is InChI=1S/C22H18N6O2/c1-30-19-6-4-15-10-16(2-3-17(15)11-19)18-5-7-20-24-22(26-28(20)12-18)25-21(29)13-27-9-8-23-14-27/h2-12,14H,13H2,1H3,(H,25,26,29). The first kappa shape index (κ1) is 17.9. The predicted molar refractivity (Wildman–Crippen MR) is 113 cm³/mol. The first-order chi connectivity index (χ1) is 14.7. The maximum atomic E-state index is 12.2. The summed E-state index contributed by atoms with van der Waals surface area (Å²) in [5.74, 6) is 0.888. The zero-order valence-electron chi connectivity index (χ0n) is 16.2. The largest absolute Gasteiger partial charge is 0.497 e. The Hall–Kier alpha value is -4.20. The maximum Gasteiger partial charge on any atom is 0.249 e. The van der Waals surface area contributed by atoms with Crippen LogP contribution in [0.25, 0.3) is 27.5 Å². The first-order valence-corrected chi connectivity index (χ1v) is 9.38. The number of anilines is 1. The molecule has 0 bridgehead atoms. The normalized spacial score (nSPS) is 11.1. The van der Waals surface area contributed by atoms with Gasteiger partial charge in [-0.15, -0.1) is 5.10 Å². The Kier molecular flexibility index (Phi) is 4.36. The van der Waals surface area contributed by atoms with Crippen LogP contribution in [0, 0.1) is 0 Å². The lowest BCUT2D eigenvalue weighted by Crippen LogP contribution is -2.18. The highest BCUT2D eigenvalue weighted by Crippen LogP contribution is 2.27. The summed E-state index contributed by atoms with van der Waals surface area (Å²) in [5, 5.41) is 9.34. The van der Waals surface area contributed by atoms with Gasteiger partial charge in [0.1, 0.15) is 12.3 Å². The second-order valence-corrected chi connectivity index (χ2v) is 6.87. The molecule has 0 unspecified atom stereocenters. The SMILES string of the molecule is COc1ccc2cc(-c3ccc4nc(NC(=O)Cn5ccnc5)nn4c3)ccc2c1. The average Bonchev–Trinajstić information content (AvgIpc) is 3.41. The van der Waals surface area contributed by atoms with Crippen molar-refractivity contribution in [1.82, 2.24) is 24.1 Å². The molecule has 0 saturated heterocycles. The van der Waals surface area contributed by atoms with Crippen molar-refractivity contribution in [2.45, 2.75) is 6.54 Å². The van der Waals surface area contributed by atoms with Crippen molar-refractivity contribution >= 4 is 28.3 Å². The van der Waals surface area contributed by atoms with E-state index in [2.05, 4.69) is 38.6 Å². The summed E-state index contributed by atoms with van der Waals surface area (Å²) < 4.78 is 8.64. The average molecular weight is 398 g/mol. The molecule has 8 heteroatoms. The number of benzene rings is 2. The van der Waals surface area contributed by atoms with Crippen molar-refractivity contribution < 1.29 is 9.53 Å². The number of fused-ring (bicyclic) bond motifs is 2. The summed E-state index contributed by atoms with van der Waals surface area (Å²) in [4.78, 5) is 20.4. The number of pyridine rings is 1. The molecule has 0 atom stereocenters. The number of hydrogen-bond donors (Lipinski definition) is 1. The molecule has 0 spiro atoms. The van der Waals surface area contributed by atoms with E-state index in [1.54, 1.807) is 34.9 Å². The molecule has 0 aliphatic carbocycles. The van der Waals surface area contributed by atoms with Gasteiger partial charge < -0.3 is 9.30 Å². The highest BCUT2D eigenvalue weighted by atomic mass is 16.5. The first-order valence-electron chi connectivity index (χ1n) is 9.38. The van der Waals surface area contributed by atoms with Crippen LogP contribution in [-0.4, -0.2) is 37.2 Å². The van der Waals surface area contributed by atoms with Crippen molar-refractivity contribution in [2.75, 3.05) is 12.4 Å². The van der Waals surface area contributed by atoms with Gasteiger partial charge in [0.2, 0.25) is 11.9 Å². The van der Waals surface area contributed by atoms with E-state index in [-0.39, 0.29) is 18.4 Å². The number of nitrogens with zero attached hydrogens (tertiary/aromatic N) is 5. The fourth-order valence-electron chi connectivity index (χ4n) is 3.35. The maximum absolute atomic E-state index is 12.2. The number of nitrogens with one attached hydrogen (secondary N) is 1. The fourth-order valence-corrected chi connectivity index (χ4v) is 3.35. The number of amides is 1. The number of aromatic nitrogens is 5. The van der Waals surface area contributed by atoms with Gasteiger partial charge in [-0.3, -0.25) is 10.1 Å². The molecule has 0 saturated carbocycles. The summed E-state index contributed by atoms with van der Waals surface area (Å²) in [6, 6.07) is 16.1. The molecule has 148 valence electrons. The van der Waals surface area contributed by atoms with Crippen LogP contribution in [0.2, 0.25) is 0 Å².